The molecular weight excluding hydrogens is 326 g/mol. The van der Waals surface area contributed by atoms with Gasteiger partial charge in [0, 0.05) is 16.3 Å². The molecule has 4 heteroatoms. The molecule has 2 N–H and O–H groups in total. The number of nitrogens with two attached hydrogens (primary N) is 1. The highest BCUT2D eigenvalue weighted by molar-refractivity contribution is 9.11. The van der Waals surface area contributed by atoms with E-state index in [9.17, 15) is 0 Å². The van der Waals surface area contributed by atoms with Crippen LogP contribution in [0.5, 0.6) is 0 Å². The van der Waals surface area contributed by atoms with Crippen LogP contribution in [0, 0.1) is 13.8 Å². The van der Waals surface area contributed by atoms with Gasteiger partial charge in [-0.15, -0.1) is 23.1 Å². The van der Waals surface area contributed by atoms with Crippen molar-refractivity contribution in [3.05, 3.63) is 50.1 Å². The van der Waals surface area contributed by atoms with Crippen molar-refractivity contribution in [1.82, 2.24) is 0 Å². The minimum atomic E-state index is 0.336. The summed E-state index contributed by atoms with van der Waals surface area (Å²) >= 11 is 7.13. The van der Waals surface area contributed by atoms with Crippen molar-refractivity contribution in [1.29, 1.82) is 0 Å². The van der Waals surface area contributed by atoms with E-state index in [2.05, 4.69) is 60.1 Å². The number of hydrogen-bond acceptors (Lipinski definition) is 3. The van der Waals surface area contributed by atoms with E-state index in [-0.39, 0.29) is 0 Å². The van der Waals surface area contributed by atoms with Gasteiger partial charge in [0.1, 0.15) is 0 Å². The number of hydrogen-bond donors (Lipinski definition) is 1. The van der Waals surface area contributed by atoms with Crippen LogP contribution in [0.1, 0.15) is 21.3 Å². The van der Waals surface area contributed by atoms with Gasteiger partial charge in [-0.25, -0.2) is 0 Å². The first-order valence-corrected chi connectivity index (χ1v) is 8.28. The van der Waals surface area contributed by atoms with Gasteiger partial charge in [-0.3, -0.25) is 0 Å². The first-order chi connectivity index (χ1) is 8.60. The molecule has 2 rings (SSSR count). The molecule has 0 aliphatic carbocycles. The lowest BCUT2D eigenvalue weighted by Gasteiger charge is -2.14. The molecule has 18 heavy (non-hydrogen) atoms. The van der Waals surface area contributed by atoms with E-state index in [1.807, 2.05) is 11.8 Å². The van der Waals surface area contributed by atoms with Crippen molar-refractivity contribution >= 4 is 39.0 Å². The molecule has 2 aromatic rings. The molecule has 1 aromatic carbocycles. The molecule has 0 aliphatic rings. The van der Waals surface area contributed by atoms with Crippen molar-refractivity contribution in [2.75, 3.05) is 6.54 Å². The van der Waals surface area contributed by atoms with Crippen LogP contribution in [0.15, 0.2) is 39.0 Å². The Kier molecular flexibility index (Phi) is 4.90. The number of rotatable bonds is 4. The number of aryl methyl sites for hydroxylation is 2. The quantitative estimate of drug-likeness (QED) is 0.798. The van der Waals surface area contributed by atoms with Gasteiger partial charge in [0.2, 0.25) is 0 Å². The Morgan fingerprint density at radius 1 is 1.28 bits per heavy atom. The lowest BCUT2D eigenvalue weighted by atomic mass is 10.2. The van der Waals surface area contributed by atoms with Crippen LogP contribution < -0.4 is 5.73 Å². The van der Waals surface area contributed by atoms with E-state index >= 15 is 0 Å². The predicted molar refractivity (Wildman–Crippen MR) is 85.6 cm³/mol. The van der Waals surface area contributed by atoms with Crippen molar-refractivity contribution in [3.63, 3.8) is 0 Å². The third-order valence-corrected chi connectivity index (χ3v) is 6.05. The van der Waals surface area contributed by atoms with E-state index < -0.39 is 0 Å². The molecule has 1 aromatic heterocycles. The highest BCUT2D eigenvalue weighted by Crippen LogP contribution is 2.40. The zero-order valence-corrected chi connectivity index (χ0v) is 13.7. The Bertz CT molecular complexity index is 536. The molecule has 0 amide bonds. The smallest absolute Gasteiger partial charge is 0.0701 e. The summed E-state index contributed by atoms with van der Waals surface area (Å²) in [4.78, 5) is 2.65. The molecule has 0 fully saturated rings. The second kappa shape index (κ2) is 6.24. The fraction of sp³-hybridized carbons (Fsp3) is 0.286. The summed E-state index contributed by atoms with van der Waals surface area (Å²) in [5.41, 5.74) is 8.55. The van der Waals surface area contributed by atoms with Crippen molar-refractivity contribution < 1.29 is 0 Å². The van der Waals surface area contributed by atoms with Crippen LogP contribution in [-0.2, 0) is 0 Å². The fourth-order valence-corrected chi connectivity index (χ4v) is 4.50. The average molecular weight is 342 g/mol. The highest BCUT2D eigenvalue weighted by Gasteiger charge is 2.14. The summed E-state index contributed by atoms with van der Waals surface area (Å²) < 4.78 is 1.16. The Morgan fingerprint density at radius 2 is 2.06 bits per heavy atom. The van der Waals surface area contributed by atoms with Gasteiger partial charge < -0.3 is 5.73 Å². The Morgan fingerprint density at radius 3 is 2.61 bits per heavy atom. The molecule has 1 unspecified atom stereocenters. The predicted octanol–water partition coefficient (Wildman–Crippen LogP) is 4.92. The van der Waals surface area contributed by atoms with E-state index in [1.54, 1.807) is 11.3 Å². The minimum absolute atomic E-state index is 0.336. The molecule has 0 saturated carbocycles. The van der Waals surface area contributed by atoms with Gasteiger partial charge in [0.15, 0.2) is 0 Å². The molecule has 0 bridgehead atoms. The monoisotopic (exact) mass is 341 g/mol. The normalized spacial score (nSPS) is 12.7. The summed E-state index contributed by atoms with van der Waals surface area (Å²) in [6.45, 7) is 4.94. The lowest BCUT2D eigenvalue weighted by molar-refractivity contribution is 0.959. The van der Waals surface area contributed by atoms with E-state index in [4.69, 9.17) is 5.73 Å². The summed E-state index contributed by atoms with van der Waals surface area (Å²) in [5, 5.41) is 0.336. The standard InChI is InChI=1S/C14H16BrNS2/c1-9-3-4-11(10(2)7-9)17-13(8-16)12-5-6-14(15)18-12/h3-7,13H,8,16H2,1-2H3. The first kappa shape index (κ1) is 14.1. The number of benzene rings is 1. The van der Waals surface area contributed by atoms with Gasteiger partial charge in [-0.2, -0.15) is 0 Å². The highest BCUT2D eigenvalue weighted by atomic mass is 79.9. The Balaban J connectivity index is 2.20. The third kappa shape index (κ3) is 3.38. The van der Waals surface area contributed by atoms with Crippen LogP contribution in [0.25, 0.3) is 0 Å². The summed E-state index contributed by atoms with van der Waals surface area (Å²) in [5.74, 6) is 0. The van der Waals surface area contributed by atoms with E-state index in [1.165, 1.54) is 20.9 Å². The molecule has 0 spiro atoms. The van der Waals surface area contributed by atoms with Gasteiger partial charge in [0.25, 0.3) is 0 Å². The van der Waals surface area contributed by atoms with Crippen molar-refractivity contribution in [2.45, 2.75) is 24.0 Å². The zero-order valence-electron chi connectivity index (χ0n) is 10.4. The van der Waals surface area contributed by atoms with E-state index in [0.717, 1.165) is 3.79 Å². The fourth-order valence-electron chi connectivity index (χ4n) is 1.81. The van der Waals surface area contributed by atoms with Crippen LogP contribution in [0.3, 0.4) is 0 Å². The number of thioether (sulfide) groups is 1. The lowest BCUT2D eigenvalue weighted by Crippen LogP contribution is -2.08. The Hall–Kier alpha value is -0.290. The van der Waals surface area contributed by atoms with E-state index in [0.29, 0.717) is 11.8 Å². The van der Waals surface area contributed by atoms with Gasteiger partial charge in [-0.1, -0.05) is 17.7 Å². The average Bonchev–Trinajstić information content (AvgIpc) is 2.75. The molecule has 0 saturated heterocycles. The number of thiophene rings is 1. The molecule has 1 heterocycles. The molecule has 1 atom stereocenters. The second-order valence-corrected chi connectivity index (χ2v) is 7.99. The summed E-state index contributed by atoms with van der Waals surface area (Å²) in [6, 6.07) is 10.8. The van der Waals surface area contributed by atoms with Gasteiger partial charge >= 0.3 is 0 Å². The van der Waals surface area contributed by atoms with Crippen molar-refractivity contribution in [3.8, 4) is 0 Å². The summed E-state index contributed by atoms with van der Waals surface area (Å²) in [7, 11) is 0. The van der Waals surface area contributed by atoms with Crippen LogP contribution in [0.2, 0.25) is 0 Å². The van der Waals surface area contributed by atoms with Gasteiger partial charge in [0.05, 0.1) is 9.04 Å². The van der Waals surface area contributed by atoms with Crippen LogP contribution in [0.4, 0.5) is 0 Å². The topological polar surface area (TPSA) is 26.0 Å². The second-order valence-electron chi connectivity index (χ2n) is 4.25. The van der Waals surface area contributed by atoms with Crippen molar-refractivity contribution in [2.24, 2.45) is 5.73 Å². The van der Waals surface area contributed by atoms with Gasteiger partial charge in [-0.05, 0) is 53.5 Å². The maximum absolute atomic E-state index is 5.91. The first-order valence-electron chi connectivity index (χ1n) is 5.79. The molecule has 96 valence electrons. The maximum atomic E-state index is 5.91. The third-order valence-electron chi connectivity index (χ3n) is 2.73. The molecule has 0 aliphatic heterocycles. The zero-order chi connectivity index (χ0) is 13.1. The SMILES string of the molecule is Cc1ccc(SC(CN)c2ccc(Br)s2)c(C)c1. The molecular formula is C14H16BrNS2. The van der Waals surface area contributed by atoms with Crippen LogP contribution in [-0.4, -0.2) is 6.54 Å². The largest absolute Gasteiger partial charge is 0.329 e. The van der Waals surface area contributed by atoms with Crippen LogP contribution >= 0.6 is 39.0 Å². The summed E-state index contributed by atoms with van der Waals surface area (Å²) in [6.07, 6.45) is 0. The molecule has 1 nitrogen and oxygen atoms in total. The maximum Gasteiger partial charge on any atom is 0.0701 e. The molecule has 0 radical (unpaired) electrons. The Labute approximate surface area is 125 Å². The number of halogens is 1. The minimum Gasteiger partial charge on any atom is -0.329 e.